The number of carbonyl (C=O) groups excluding carboxylic acids is 2. The molecule has 1 atom stereocenters. The highest BCUT2D eigenvalue weighted by atomic mass is 32.1. The van der Waals surface area contributed by atoms with Gasteiger partial charge in [-0.15, -0.1) is 11.3 Å². The Labute approximate surface area is 215 Å². The van der Waals surface area contributed by atoms with Crippen LogP contribution in [0.3, 0.4) is 0 Å². The molecule has 1 aliphatic heterocycles. The number of Topliss-reactive ketones (excluding diaryl/α,β-unsaturated/α-hetero) is 1. The van der Waals surface area contributed by atoms with Gasteiger partial charge < -0.3 is 24.4 Å². The number of ketones is 1. The Bertz CT molecular complexity index is 1240. The third-order valence-electron chi connectivity index (χ3n) is 5.98. The van der Waals surface area contributed by atoms with Crippen LogP contribution in [0.5, 0.6) is 11.5 Å². The molecule has 2 heterocycles. The molecular weight excluding hydrogens is 476 g/mol. The van der Waals surface area contributed by atoms with Crippen LogP contribution in [0, 0.1) is 6.92 Å². The third kappa shape index (κ3) is 5.61. The van der Waals surface area contributed by atoms with E-state index in [9.17, 15) is 14.7 Å². The summed E-state index contributed by atoms with van der Waals surface area (Å²) in [6.45, 7) is 3.73. The van der Waals surface area contributed by atoms with Gasteiger partial charge in [-0.25, -0.2) is 0 Å². The van der Waals surface area contributed by atoms with Crippen molar-refractivity contribution in [1.82, 2.24) is 9.80 Å². The van der Waals surface area contributed by atoms with Gasteiger partial charge in [0.15, 0.2) is 5.76 Å². The molecule has 2 aromatic carbocycles. The fourth-order valence-electron chi connectivity index (χ4n) is 4.09. The van der Waals surface area contributed by atoms with Crippen molar-refractivity contribution in [2.45, 2.75) is 13.0 Å². The number of thiophene rings is 1. The SMILES string of the molecule is Cc1ccccc1OCCOc1ccc([C@H]2C(C(=O)c3cccs3)=C(O)C(=O)N2CCN(C)C)cc1. The molecular formula is C28H30N2O5S. The van der Waals surface area contributed by atoms with Crippen LogP contribution >= 0.6 is 11.3 Å². The van der Waals surface area contributed by atoms with Crippen molar-refractivity contribution >= 4 is 23.0 Å². The number of rotatable bonds is 11. The number of nitrogens with zero attached hydrogens (tertiary/aromatic N) is 2. The first-order valence-electron chi connectivity index (χ1n) is 11.7. The number of aryl methyl sites for hydroxylation is 1. The normalized spacial score (nSPS) is 15.6. The lowest BCUT2D eigenvalue weighted by molar-refractivity contribution is -0.129. The Hall–Kier alpha value is -3.62. The molecule has 0 aliphatic carbocycles. The predicted molar refractivity (Wildman–Crippen MR) is 140 cm³/mol. The van der Waals surface area contributed by atoms with E-state index in [1.807, 2.05) is 62.3 Å². The monoisotopic (exact) mass is 506 g/mol. The molecule has 4 rings (SSSR count). The maximum absolute atomic E-state index is 13.3. The molecule has 7 nitrogen and oxygen atoms in total. The van der Waals surface area contributed by atoms with E-state index in [2.05, 4.69) is 0 Å². The van der Waals surface area contributed by atoms with Crippen LogP contribution in [0.2, 0.25) is 0 Å². The number of carbonyl (C=O) groups is 2. The van der Waals surface area contributed by atoms with Crippen molar-refractivity contribution in [3.63, 3.8) is 0 Å². The molecule has 3 aromatic rings. The van der Waals surface area contributed by atoms with Crippen LogP contribution in [0.25, 0.3) is 0 Å². The van der Waals surface area contributed by atoms with Crippen molar-refractivity contribution in [3.8, 4) is 11.5 Å². The van der Waals surface area contributed by atoms with Crippen LogP contribution in [0.15, 0.2) is 77.4 Å². The predicted octanol–water partition coefficient (Wildman–Crippen LogP) is 4.65. The first-order chi connectivity index (χ1) is 17.4. The lowest BCUT2D eigenvalue weighted by Crippen LogP contribution is -2.36. The Balaban J connectivity index is 1.49. The topological polar surface area (TPSA) is 79.3 Å². The molecule has 0 saturated heterocycles. The van der Waals surface area contributed by atoms with Crippen molar-refractivity contribution in [1.29, 1.82) is 0 Å². The van der Waals surface area contributed by atoms with E-state index in [1.165, 1.54) is 11.3 Å². The molecule has 0 bridgehead atoms. The molecule has 1 amide bonds. The molecule has 0 radical (unpaired) electrons. The number of aliphatic hydroxyl groups excluding tert-OH is 1. The fourth-order valence-corrected chi connectivity index (χ4v) is 4.76. The highest BCUT2D eigenvalue weighted by Crippen LogP contribution is 2.39. The average molecular weight is 507 g/mol. The van der Waals surface area contributed by atoms with Crippen LogP contribution < -0.4 is 9.47 Å². The number of hydrogen-bond donors (Lipinski definition) is 1. The highest BCUT2D eigenvalue weighted by molar-refractivity contribution is 7.12. The van der Waals surface area contributed by atoms with E-state index in [0.717, 1.165) is 16.9 Å². The van der Waals surface area contributed by atoms with E-state index in [1.54, 1.807) is 34.5 Å². The molecule has 0 spiro atoms. The quantitative estimate of drug-likeness (QED) is 0.301. The molecule has 36 heavy (non-hydrogen) atoms. The summed E-state index contributed by atoms with van der Waals surface area (Å²) in [5.41, 5.74) is 1.91. The van der Waals surface area contributed by atoms with E-state index in [4.69, 9.17) is 9.47 Å². The Morgan fingerprint density at radius 3 is 2.42 bits per heavy atom. The van der Waals surface area contributed by atoms with Gasteiger partial charge in [-0.2, -0.15) is 0 Å². The zero-order valence-electron chi connectivity index (χ0n) is 20.6. The van der Waals surface area contributed by atoms with E-state index >= 15 is 0 Å². The Kier molecular flexibility index (Phi) is 8.07. The van der Waals surface area contributed by atoms with Gasteiger partial charge in [-0.05, 0) is 61.8 Å². The number of ether oxygens (including phenoxy) is 2. The highest BCUT2D eigenvalue weighted by Gasteiger charge is 2.43. The Morgan fingerprint density at radius 1 is 1.03 bits per heavy atom. The maximum Gasteiger partial charge on any atom is 0.290 e. The number of amides is 1. The number of aliphatic hydroxyl groups is 1. The zero-order valence-corrected chi connectivity index (χ0v) is 21.5. The summed E-state index contributed by atoms with van der Waals surface area (Å²) in [4.78, 5) is 30.3. The first-order valence-corrected chi connectivity index (χ1v) is 12.6. The molecule has 1 aromatic heterocycles. The minimum absolute atomic E-state index is 0.113. The first kappa shape index (κ1) is 25.5. The van der Waals surface area contributed by atoms with Crippen LogP contribution in [0.4, 0.5) is 0 Å². The van der Waals surface area contributed by atoms with Crippen LogP contribution in [-0.4, -0.2) is 67.0 Å². The second-order valence-corrected chi connectivity index (χ2v) is 9.75. The van der Waals surface area contributed by atoms with Gasteiger partial charge in [-0.1, -0.05) is 36.4 Å². The minimum atomic E-state index is -0.675. The van der Waals surface area contributed by atoms with Crippen molar-refractivity contribution in [2.75, 3.05) is 40.4 Å². The zero-order chi connectivity index (χ0) is 25.7. The summed E-state index contributed by atoms with van der Waals surface area (Å²) < 4.78 is 11.6. The number of likely N-dealkylation sites (N-methyl/N-ethyl adjacent to an activating group) is 1. The lowest BCUT2D eigenvalue weighted by Gasteiger charge is -2.28. The van der Waals surface area contributed by atoms with Gasteiger partial charge in [0, 0.05) is 13.1 Å². The van der Waals surface area contributed by atoms with E-state index in [0.29, 0.717) is 36.9 Å². The average Bonchev–Trinajstić information content (AvgIpc) is 3.49. The summed E-state index contributed by atoms with van der Waals surface area (Å²) in [6.07, 6.45) is 0. The number of benzene rings is 2. The largest absolute Gasteiger partial charge is 0.503 e. The minimum Gasteiger partial charge on any atom is -0.503 e. The summed E-state index contributed by atoms with van der Waals surface area (Å²) in [6, 6.07) is 17.9. The smallest absolute Gasteiger partial charge is 0.290 e. The van der Waals surface area contributed by atoms with Gasteiger partial charge in [-0.3, -0.25) is 9.59 Å². The molecule has 0 fully saturated rings. The second-order valence-electron chi connectivity index (χ2n) is 8.80. The van der Waals surface area contributed by atoms with Crippen molar-refractivity contribution in [3.05, 3.63) is 93.4 Å². The molecule has 1 aliphatic rings. The molecule has 188 valence electrons. The number of para-hydroxylation sites is 1. The van der Waals surface area contributed by atoms with Crippen LogP contribution in [-0.2, 0) is 4.79 Å². The standard InChI is InChI=1S/C28H30N2O5S/c1-19-7-4-5-8-22(19)35-17-16-34-21-12-10-20(11-13-21)25-24(26(31)23-9-6-18-36-23)27(32)28(33)30(25)15-14-29(2)3/h4-13,18,25,32H,14-17H2,1-3H3/t25-/m0/s1. The maximum atomic E-state index is 13.3. The van der Waals surface area contributed by atoms with Gasteiger partial charge in [0.05, 0.1) is 16.5 Å². The molecule has 8 heteroatoms. The van der Waals surface area contributed by atoms with Gasteiger partial charge >= 0.3 is 0 Å². The molecule has 0 unspecified atom stereocenters. The molecule has 1 N–H and O–H groups in total. The van der Waals surface area contributed by atoms with Gasteiger partial charge in [0.1, 0.15) is 24.7 Å². The van der Waals surface area contributed by atoms with E-state index in [-0.39, 0.29) is 11.4 Å². The second kappa shape index (κ2) is 11.4. The summed E-state index contributed by atoms with van der Waals surface area (Å²) in [5, 5.41) is 12.5. The fraction of sp³-hybridized carbons (Fsp3) is 0.286. The van der Waals surface area contributed by atoms with Crippen LogP contribution in [0.1, 0.15) is 26.8 Å². The summed E-state index contributed by atoms with van der Waals surface area (Å²) in [7, 11) is 3.82. The van der Waals surface area contributed by atoms with Gasteiger partial charge in [0.2, 0.25) is 5.78 Å². The third-order valence-corrected chi connectivity index (χ3v) is 6.85. The lowest BCUT2D eigenvalue weighted by atomic mass is 9.95. The summed E-state index contributed by atoms with van der Waals surface area (Å²) >= 11 is 1.29. The number of hydrogen-bond acceptors (Lipinski definition) is 7. The summed E-state index contributed by atoms with van der Waals surface area (Å²) in [5.74, 6) is 0.133. The van der Waals surface area contributed by atoms with E-state index < -0.39 is 17.7 Å². The molecule has 0 saturated carbocycles. The van der Waals surface area contributed by atoms with Gasteiger partial charge in [0.25, 0.3) is 5.91 Å². The van der Waals surface area contributed by atoms with Crippen molar-refractivity contribution in [2.24, 2.45) is 0 Å². The Morgan fingerprint density at radius 2 is 1.75 bits per heavy atom. The van der Waals surface area contributed by atoms with Crippen molar-refractivity contribution < 1.29 is 24.2 Å².